The molecule has 0 unspecified atom stereocenters. The summed E-state index contributed by atoms with van der Waals surface area (Å²) in [6, 6.07) is 3.94. The number of nitrogens with two attached hydrogens (primary N) is 1. The van der Waals surface area contributed by atoms with Crippen molar-refractivity contribution in [2.75, 3.05) is 25.5 Å². The number of hydrogen-bond acceptors (Lipinski definition) is 3. The number of nitrogens with zero attached hydrogens (tertiary/aromatic N) is 2. The molecular formula is C10H15N3. The van der Waals surface area contributed by atoms with E-state index in [4.69, 9.17) is 5.73 Å². The van der Waals surface area contributed by atoms with Crippen molar-refractivity contribution in [2.24, 2.45) is 5.73 Å². The Morgan fingerprint density at radius 1 is 1.54 bits per heavy atom. The van der Waals surface area contributed by atoms with Crippen LogP contribution in [0.25, 0.3) is 5.57 Å². The summed E-state index contributed by atoms with van der Waals surface area (Å²) in [5.41, 5.74) is 7.39. The molecule has 1 aromatic heterocycles. The smallest absolute Gasteiger partial charge is 0.127 e. The first-order valence-electron chi connectivity index (χ1n) is 4.16. The summed E-state index contributed by atoms with van der Waals surface area (Å²) >= 11 is 0. The average Bonchev–Trinajstić information content (AvgIpc) is 2.17. The van der Waals surface area contributed by atoms with Gasteiger partial charge in [0.2, 0.25) is 0 Å². The summed E-state index contributed by atoms with van der Waals surface area (Å²) in [5, 5.41) is 0. The molecule has 0 aliphatic heterocycles. The minimum absolute atomic E-state index is 0.475. The van der Waals surface area contributed by atoms with Crippen molar-refractivity contribution in [1.29, 1.82) is 0 Å². The third-order valence-corrected chi connectivity index (χ3v) is 1.86. The van der Waals surface area contributed by atoms with Crippen LogP contribution < -0.4 is 10.6 Å². The largest absolute Gasteiger partial charge is 0.363 e. The molecule has 0 radical (unpaired) electrons. The van der Waals surface area contributed by atoms with Gasteiger partial charge in [0.05, 0.1) is 0 Å². The SMILES string of the molecule is C=C(CN)c1ccc(N(C)C)nc1. The first-order chi connectivity index (χ1) is 6.15. The minimum atomic E-state index is 0.475. The van der Waals surface area contributed by atoms with Crippen molar-refractivity contribution >= 4 is 11.4 Å². The average molecular weight is 177 g/mol. The highest BCUT2D eigenvalue weighted by molar-refractivity contribution is 5.64. The Balaban J connectivity index is 2.87. The molecule has 0 amide bonds. The van der Waals surface area contributed by atoms with Crippen LogP contribution in [0, 0.1) is 0 Å². The van der Waals surface area contributed by atoms with Crippen LogP contribution in [0.3, 0.4) is 0 Å². The molecule has 0 spiro atoms. The van der Waals surface area contributed by atoms with Gasteiger partial charge in [-0.25, -0.2) is 4.98 Å². The minimum Gasteiger partial charge on any atom is -0.363 e. The van der Waals surface area contributed by atoms with E-state index < -0.39 is 0 Å². The van der Waals surface area contributed by atoms with Crippen molar-refractivity contribution in [3.05, 3.63) is 30.5 Å². The predicted molar refractivity (Wildman–Crippen MR) is 56.7 cm³/mol. The van der Waals surface area contributed by atoms with Gasteiger partial charge in [-0.3, -0.25) is 0 Å². The van der Waals surface area contributed by atoms with Gasteiger partial charge in [-0.05, 0) is 23.3 Å². The van der Waals surface area contributed by atoms with Gasteiger partial charge in [0, 0.05) is 26.8 Å². The first-order valence-corrected chi connectivity index (χ1v) is 4.16. The molecule has 0 saturated carbocycles. The molecule has 0 saturated heterocycles. The molecule has 1 aromatic rings. The fourth-order valence-corrected chi connectivity index (χ4v) is 0.978. The molecule has 0 bridgehead atoms. The van der Waals surface area contributed by atoms with Crippen LogP contribution in [0.15, 0.2) is 24.9 Å². The van der Waals surface area contributed by atoms with E-state index in [1.54, 1.807) is 6.20 Å². The number of anilines is 1. The number of pyridine rings is 1. The lowest BCUT2D eigenvalue weighted by Crippen LogP contribution is -2.10. The molecule has 70 valence electrons. The summed E-state index contributed by atoms with van der Waals surface area (Å²) in [7, 11) is 3.92. The van der Waals surface area contributed by atoms with Crippen molar-refractivity contribution in [1.82, 2.24) is 4.98 Å². The number of hydrogen-bond donors (Lipinski definition) is 1. The Kier molecular flexibility index (Phi) is 3.03. The Bertz CT molecular complexity index is 288. The van der Waals surface area contributed by atoms with E-state index in [-0.39, 0.29) is 0 Å². The van der Waals surface area contributed by atoms with E-state index in [1.165, 1.54) is 0 Å². The van der Waals surface area contributed by atoms with Gasteiger partial charge in [0.25, 0.3) is 0 Å². The van der Waals surface area contributed by atoms with Gasteiger partial charge >= 0.3 is 0 Å². The van der Waals surface area contributed by atoms with Crippen LogP contribution in [0.1, 0.15) is 5.56 Å². The quantitative estimate of drug-likeness (QED) is 0.752. The Labute approximate surface area is 78.9 Å². The van der Waals surface area contributed by atoms with Crippen molar-refractivity contribution in [3.8, 4) is 0 Å². The highest BCUT2D eigenvalue weighted by Gasteiger charge is 1.99. The van der Waals surface area contributed by atoms with Crippen molar-refractivity contribution in [3.63, 3.8) is 0 Å². The van der Waals surface area contributed by atoms with E-state index in [9.17, 15) is 0 Å². The summed E-state index contributed by atoms with van der Waals surface area (Å²) in [5.74, 6) is 0.938. The van der Waals surface area contributed by atoms with Crippen LogP contribution in [-0.2, 0) is 0 Å². The van der Waals surface area contributed by atoms with Crippen LogP contribution in [0.2, 0.25) is 0 Å². The van der Waals surface area contributed by atoms with E-state index in [0.717, 1.165) is 17.0 Å². The second-order valence-corrected chi connectivity index (χ2v) is 3.11. The third kappa shape index (κ3) is 2.29. The van der Waals surface area contributed by atoms with Gasteiger partial charge < -0.3 is 10.6 Å². The molecule has 13 heavy (non-hydrogen) atoms. The Morgan fingerprint density at radius 3 is 2.62 bits per heavy atom. The number of aromatic nitrogens is 1. The molecule has 1 rings (SSSR count). The second kappa shape index (κ2) is 4.05. The monoisotopic (exact) mass is 177 g/mol. The lowest BCUT2D eigenvalue weighted by Gasteiger charge is -2.11. The van der Waals surface area contributed by atoms with Crippen LogP contribution in [0.5, 0.6) is 0 Å². The second-order valence-electron chi connectivity index (χ2n) is 3.11. The highest BCUT2D eigenvalue weighted by Crippen LogP contribution is 2.13. The zero-order chi connectivity index (χ0) is 9.84. The maximum Gasteiger partial charge on any atom is 0.127 e. The molecule has 0 aliphatic carbocycles. The van der Waals surface area contributed by atoms with E-state index >= 15 is 0 Å². The molecule has 0 atom stereocenters. The molecule has 2 N–H and O–H groups in total. The lowest BCUT2D eigenvalue weighted by atomic mass is 10.1. The molecule has 3 nitrogen and oxygen atoms in total. The molecule has 3 heteroatoms. The van der Waals surface area contributed by atoms with Crippen LogP contribution in [-0.4, -0.2) is 25.6 Å². The standard InChI is InChI=1S/C10H15N3/c1-8(6-11)9-4-5-10(12-7-9)13(2)3/h4-5,7H,1,6,11H2,2-3H3. The van der Waals surface area contributed by atoms with E-state index in [2.05, 4.69) is 11.6 Å². The topological polar surface area (TPSA) is 42.1 Å². The summed E-state index contributed by atoms with van der Waals surface area (Å²) in [6.07, 6.45) is 1.80. The lowest BCUT2D eigenvalue weighted by molar-refractivity contribution is 1.06. The molecule has 0 aliphatic rings. The highest BCUT2D eigenvalue weighted by atomic mass is 15.1. The zero-order valence-corrected chi connectivity index (χ0v) is 8.12. The predicted octanol–water partition coefficient (Wildman–Crippen LogP) is 1.12. The Morgan fingerprint density at radius 2 is 2.23 bits per heavy atom. The molecule has 0 aromatic carbocycles. The fraction of sp³-hybridized carbons (Fsp3) is 0.300. The van der Waals surface area contributed by atoms with Gasteiger partial charge in [-0.2, -0.15) is 0 Å². The molecule has 0 fully saturated rings. The van der Waals surface area contributed by atoms with Gasteiger partial charge in [0.15, 0.2) is 0 Å². The summed E-state index contributed by atoms with van der Waals surface area (Å²) in [4.78, 5) is 6.21. The molecular weight excluding hydrogens is 162 g/mol. The van der Waals surface area contributed by atoms with Crippen LogP contribution >= 0.6 is 0 Å². The zero-order valence-electron chi connectivity index (χ0n) is 8.12. The maximum atomic E-state index is 5.46. The van der Waals surface area contributed by atoms with Crippen LogP contribution in [0.4, 0.5) is 5.82 Å². The maximum absolute atomic E-state index is 5.46. The van der Waals surface area contributed by atoms with E-state index in [1.807, 2.05) is 31.1 Å². The summed E-state index contributed by atoms with van der Waals surface area (Å²) in [6.45, 7) is 4.31. The third-order valence-electron chi connectivity index (χ3n) is 1.86. The number of rotatable bonds is 3. The normalized spacial score (nSPS) is 9.77. The van der Waals surface area contributed by atoms with E-state index in [0.29, 0.717) is 6.54 Å². The first kappa shape index (κ1) is 9.74. The fourth-order valence-electron chi connectivity index (χ4n) is 0.978. The Hall–Kier alpha value is -1.35. The summed E-state index contributed by atoms with van der Waals surface area (Å²) < 4.78 is 0. The van der Waals surface area contributed by atoms with Crippen molar-refractivity contribution in [2.45, 2.75) is 0 Å². The molecule has 1 heterocycles. The van der Waals surface area contributed by atoms with Gasteiger partial charge in [-0.1, -0.05) is 6.58 Å². The van der Waals surface area contributed by atoms with Gasteiger partial charge in [0.1, 0.15) is 5.82 Å². The van der Waals surface area contributed by atoms with Gasteiger partial charge in [-0.15, -0.1) is 0 Å². The van der Waals surface area contributed by atoms with Crippen molar-refractivity contribution < 1.29 is 0 Å².